The Balaban J connectivity index is 1.87. The van der Waals surface area contributed by atoms with E-state index in [1.54, 1.807) is 0 Å². The molecular formula is C21H15N. The van der Waals surface area contributed by atoms with Gasteiger partial charge in [0.2, 0.25) is 0 Å². The molecular weight excluding hydrogens is 266 g/mol. The summed E-state index contributed by atoms with van der Waals surface area (Å²) in [5.74, 6) is 0. The van der Waals surface area contributed by atoms with Crippen molar-refractivity contribution in [1.29, 1.82) is 0 Å². The highest BCUT2D eigenvalue weighted by molar-refractivity contribution is 6.02. The van der Waals surface area contributed by atoms with Crippen molar-refractivity contribution < 1.29 is 0 Å². The van der Waals surface area contributed by atoms with Crippen LogP contribution in [-0.2, 0) is 0 Å². The molecule has 1 aromatic heterocycles. The molecule has 0 saturated heterocycles. The van der Waals surface area contributed by atoms with Gasteiger partial charge < -0.3 is 0 Å². The summed E-state index contributed by atoms with van der Waals surface area (Å²) in [6, 6.07) is 25.4. The Kier molecular flexibility index (Phi) is 3.17. The Morgan fingerprint density at radius 1 is 0.636 bits per heavy atom. The number of pyridine rings is 1. The fourth-order valence-corrected chi connectivity index (χ4v) is 2.79. The van der Waals surface area contributed by atoms with Crippen molar-refractivity contribution in [2.75, 3.05) is 0 Å². The van der Waals surface area contributed by atoms with Gasteiger partial charge >= 0.3 is 0 Å². The van der Waals surface area contributed by atoms with E-state index in [9.17, 15) is 0 Å². The van der Waals surface area contributed by atoms with E-state index in [0.29, 0.717) is 0 Å². The van der Waals surface area contributed by atoms with E-state index in [1.165, 1.54) is 27.1 Å². The summed E-state index contributed by atoms with van der Waals surface area (Å²) in [5.41, 5.74) is 2.19. The number of rotatable bonds is 2. The van der Waals surface area contributed by atoms with Crippen LogP contribution in [0.1, 0.15) is 11.3 Å². The third-order valence-corrected chi connectivity index (χ3v) is 3.90. The molecule has 1 heteroatoms. The van der Waals surface area contributed by atoms with E-state index in [4.69, 9.17) is 0 Å². The summed E-state index contributed by atoms with van der Waals surface area (Å²) in [6.45, 7) is 0. The zero-order valence-corrected chi connectivity index (χ0v) is 12.1. The van der Waals surface area contributed by atoms with E-state index in [0.717, 1.165) is 5.69 Å². The summed E-state index contributed by atoms with van der Waals surface area (Å²) in [5, 5.41) is 5.09. The molecule has 0 fully saturated rings. The molecule has 1 nitrogen and oxygen atoms in total. The third-order valence-electron chi connectivity index (χ3n) is 3.90. The molecule has 0 amide bonds. The number of hydrogen-bond acceptors (Lipinski definition) is 1. The van der Waals surface area contributed by atoms with Gasteiger partial charge in [0, 0.05) is 6.20 Å². The molecule has 3 aromatic carbocycles. The van der Waals surface area contributed by atoms with Crippen LogP contribution in [0.2, 0.25) is 0 Å². The lowest BCUT2D eigenvalue weighted by Crippen LogP contribution is -1.81. The Bertz CT molecular complexity index is 969. The molecule has 0 aliphatic rings. The molecule has 4 aromatic rings. The Labute approximate surface area is 129 Å². The molecule has 0 atom stereocenters. The van der Waals surface area contributed by atoms with Crippen molar-refractivity contribution in [3.63, 3.8) is 0 Å². The molecule has 0 unspecified atom stereocenters. The van der Waals surface area contributed by atoms with Gasteiger partial charge in [-0.15, -0.1) is 0 Å². The van der Waals surface area contributed by atoms with Gasteiger partial charge in [-0.25, -0.2) is 0 Å². The van der Waals surface area contributed by atoms with Gasteiger partial charge in [-0.1, -0.05) is 54.6 Å². The van der Waals surface area contributed by atoms with Crippen LogP contribution >= 0.6 is 0 Å². The van der Waals surface area contributed by atoms with Gasteiger partial charge in [0.15, 0.2) is 0 Å². The van der Waals surface area contributed by atoms with Crippen LogP contribution in [0.5, 0.6) is 0 Å². The first-order valence-electron chi connectivity index (χ1n) is 7.41. The fourth-order valence-electron chi connectivity index (χ4n) is 2.79. The summed E-state index contributed by atoms with van der Waals surface area (Å²) in [6.07, 6.45) is 6.01. The van der Waals surface area contributed by atoms with E-state index in [2.05, 4.69) is 71.7 Å². The average molecular weight is 281 g/mol. The van der Waals surface area contributed by atoms with Crippen molar-refractivity contribution >= 4 is 33.7 Å². The maximum Gasteiger partial charge on any atom is 0.0629 e. The zero-order chi connectivity index (χ0) is 14.8. The number of nitrogens with zero attached hydrogens (tertiary/aromatic N) is 1. The average Bonchev–Trinajstić information content (AvgIpc) is 2.59. The van der Waals surface area contributed by atoms with Gasteiger partial charge in [-0.2, -0.15) is 0 Å². The number of aromatic nitrogens is 1. The summed E-state index contributed by atoms with van der Waals surface area (Å²) >= 11 is 0. The van der Waals surface area contributed by atoms with Gasteiger partial charge in [-0.05, 0) is 57.4 Å². The molecule has 22 heavy (non-hydrogen) atoms. The van der Waals surface area contributed by atoms with Crippen molar-refractivity contribution in [3.05, 3.63) is 90.3 Å². The predicted molar refractivity (Wildman–Crippen MR) is 94.6 cm³/mol. The van der Waals surface area contributed by atoms with Crippen molar-refractivity contribution in [1.82, 2.24) is 4.98 Å². The van der Waals surface area contributed by atoms with Crippen LogP contribution in [-0.4, -0.2) is 4.98 Å². The Hall–Kier alpha value is -2.93. The standard InChI is InChI=1S/C21H15N/c1-2-7-18-15-21-16(11-12-20-10-3-4-13-22-20)8-5-9-19(21)14-17(18)6-1/h1-15H. The number of benzene rings is 3. The molecule has 104 valence electrons. The molecule has 0 bridgehead atoms. The first-order chi connectivity index (χ1) is 10.9. The smallest absolute Gasteiger partial charge is 0.0629 e. The van der Waals surface area contributed by atoms with Crippen molar-refractivity contribution in [2.45, 2.75) is 0 Å². The lowest BCUT2D eigenvalue weighted by molar-refractivity contribution is 1.30. The molecule has 4 rings (SSSR count). The Morgan fingerprint density at radius 3 is 2.23 bits per heavy atom. The second kappa shape index (κ2) is 5.45. The molecule has 0 N–H and O–H groups in total. The summed E-state index contributed by atoms with van der Waals surface area (Å²) in [7, 11) is 0. The van der Waals surface area contributed by atoms with Gasteiger partial charge in [0.1, 0.15) is 0 Å². The minimum Gasteiger partial charge on any atom is -0.257 e. The van der Waals surface area contributed by atoms with Gasteiger partial charge in [-0.3, -0.25) is 4.98 Å². The van der Waals surface area contributed by atoms with Gasteiger partial charge in [0.05, 0.1) is 5.69 Å². The highest BCUT2D eigenvalue weighted by Gasteiger charge is 2.01. The monoisotopic (exact) mass is 281 g/mol. The van der Waals surface area contributed by atoms with E-state index >= 15 is 0 Å². The highest BCUT2D eigenvalue weighted by Crippen LogP contribution is 2.26. The first kappa shape index (κ1) is 12.8. The molecule has 0 radical (unpaired) electrons. The first-order valence-corrected chi connectivity index (χ1v) is 7.41. The normalized spacial score (nSPS) is 11.5. The second-order valence-corrected chi connectivity index (χ2v) is 5.36. The van der Waals surface area contributed by atoms with Crippen LogP contribution in [0.4, 0.5) is 0 Å². The van der Waals surface area contributed by atoms with Crippen LogP contribution < -0.4 is 0 Å². The quantitative estimate of drug-likeness (QED) is 0.438. The zero-order valence-electron chi connectivity index (χ0n) is 12.1. The second-order valence-electron chi connectivity index (χ2n) is 5.36. The molecule has 0 aliphatic heterocycles. The number of hydrogen-bond donors (Lipinski definition) is 0. The third kappa shape index (κ3) is 2.38. The largest absolute Gasteiger partial charge is 0.257 e. The van der Waals surface area contributed by atoms with E-state index < -0.39 is 0 Å². The summed E-state index contributed by atoms with van der Waals surface area (Å²) < 4.78 is 0. The molecule has 0 aliphatic carbocycles. The fraction of sp³-hybridized carbons (Fsp3) is 0. The van der Waals surface area contributed by atoms with Crippen molar-refractivity contribution in [2.24, 2.45) is 0 Å². The molecule has 1 heterocycles. The maximum absolute atomic E-state index is 4.34. The molecule has 0 spiro atoms. The number of fused-ring (bicyclic) bond motifs is 2. The van der Waals surface area contributed by atoms with Crippen LogP contribution in [0, 0.1) is 0 Å². The minimum atomic E-state index is 0.972. The SMILES string of the molecule is C(=Cc1cccc2cc3ccccc3cc12)c1ccccn1. The Morgan fingerprint density at radius 2 is 1.41 bits per heavy atom. The topological polar surface area (TPSA) is 12.9 Å². The van der Waals surface area contributed by atoms with Crippen LogP contribution in [0.15, 0.2) is 79.0 Å². The summed E-state index contributed by atoms with van der Waals surface area (Å²) in [4.78, 5) is 4.34. The lowest BCUT2D eigenvalue weighted by atomic mass is 9.99. The van der Waals surface area contributed by atoms with Gasteiger partial charge in [0.25, 0.3) is 0 Å². The van der Waals surface area contributed by atoms with Crippen molar-refractivity contribution in [3.8, 4) is 0 Å². The predicted octanol–water partition coefficient (Wildman–Crippen LogP) is 5.56. The lowest BCUT2D eigenvalue weighted by Gasteiger charge is -2.05. The maximum atomic E-state index is 4.34. The van der Waals surface area contributed by atoms with Crippen LogP contribution in [0.25, 0.3) is 33.7 Å². The van der Waals surface area contributed by atoms with E-state index in [1.807, 2.05) is 24.4 Å². The highest BCUT2D eigenvalue weighted by atomic mass is 14.6. The van der Waals surface area contributed by atoms with E-state index in [-0.39, 0.29) is 0 Å². The minimum absolute atomic E-state index is 0.972. The molecule has 0 saturated carbocycles. The van der Waals surface area contributed by atoms with Crippen LogP contribution in [0.3, 0.4) is 0 Å².